The Bertz CT molecular complexity index is 373. The number of aliphatic hydroxyl groups is 1. The number of aliphatic hydroxyl groups excluding tert-OH is 1. The molecule has 0 saturated heterocycles. The largest absolute Gasteiger partial charge is 0.394 e. The van der Waals surface area contributed by atoms with E-state index >= 15 is 0 Å². The summed E-state index contributed by atoms with van der Waals surface area (Å²) >= 11 is 1.73. The molecule has 0 aromatic heterocycles. The molecule has 5 heteroatoms. The molecular formula is C14H22N2O2S. The van der Waals surface area contributed by atoms with Crippen LogP contribution in [0.1, 0.15) is 20.3 Å². The monoisotopic (exact) mass is 282 g/mol. The lowest BCUT2D eigenvalue weighted by molar-refractivity contribution is 0.218. The molecule has 1 unspecified atom stereocenters. The third kappa shape index (κ3) is 6.50. The van der Waals surface area contributed by atoms with Crippen LogP contribution in [0, 0.1) is 0 Å². The van der Waals surface area contributed by atoms with E-state index in [4.69, 9.17) is 5.11 Å². The number of urea groups is 1. The molecule has 2 amide bonds. The Kier molecular flexibility index (Phi) is 7.36. The molecule has 0 heterocycles. The minimum Gasteiger partial charge on any atom is -0.394 e. The Morgan fingerprint density at radius 3 is 2.58 bits per heavy atom. The van der Waals surface area contributed by atoms with Crippen LogP contribution >= 0.6 is 11.8 Å². The number of amides is 2. The molecule has 0 bridgehead atoms. The average Bonchev–Trinajstić information content (AvgIpc) is 2.44. The third-order valence-electron chi connectivity index (χ3n) is 2.67. The average molecular weight is 282 g/mol. The highest BCUT2D eigenvalue weighted by Crippen LogP contribution is 2.18. The van der Waals surface area contributed by atoms with Gasteiger partial charge in [-0.05, 0) is 25.5 Å². The first-order chi connectivity index (χ1) is 9.15. The zero-order valence-corrected chi connectivity index (χ0v) is 12.2. The van der Waals surface area contributed by atoms with Crippen LogP contribution in [-0.4, -0.2) is 35.6 Å². The first kappa shape index (κ1) is 15.9. The van der Waals surface area contributed by atoms with Gasteiger partial charge in [0.25, 0.3) is 0 Å². The van der Waals surface area contributed by atoms with E-state index < -0.39 is 0 Å². The SMILES string of the molecule is CCC(CSc1ccccc1)NC(=O)N[C@@H](C)CO. The molecule has 106 valence electrons. The van der Waals surface area contributed by atoms with Crippen LogP contribution in [0.2, 0.25) is 0 Å². The summed E-state index contributed by atoms with van der Waals surface area (Å²) in [6.45, 7) is 3.76. The van der Waals surface area contributed by atoms with Crippen molar-refractivity contribution in [2.24, 2.45) is 0 Å². The van der Waals surface area contributed by atoms with Crippen molar-refractivity contribution in [3.63, 3.8) is 0 Å². The number of carbonyl (C=O) groups excluding carboxylic acids is 1. The summed E-state index contributed by atoms with van der Waals surface area (Å²) in [5.74, 6) is 0.835. The van der Waals surface area contributed by atoms with Crippen molar-refractivity contribution >= 4 is 17.8 Å². The molecule has 0 fully saturated rings. The number of hydrogen-bond donors (Lipinski definition) is 3. The molecule has 3 N–H and O–H groups in total. The lowest BCUT2D eigenvalue weighted by Crippen LogP contribution is -2.47. The fourth-order valence-corrected chi connectivity index (χ4v) is 2.53. The Balaban J connectivity index is 2.35. The molecule has 1 aromatic carbocycles. The van der Waals surface area contributed by atoms with Gasteiger partial charge in [0.2, 0.25) is 0 Å². The number of rotatable bonds is 7. The summed E-state index contributed by atoms with van der Waals surface area (Å²) in [4.78, 5) is 12.9. The van der Waals surface area contributed by atoms with Crippen LogP contribution in [0.25, 0.3) is 0 Å². The second-order valence-electron chi connectivity index (χ2n) is 4.43. The number of hydrogen-bond acceptors (Lipinski definition) is 3. The molecule has 0 saturated carbocycles. The van der Waals surface area contributed by atoms with Crippen molar-refractivity contribution < 1.29 is 9.90 Å². The van der Waals surface area contributed by atoms with Crippen molar-refractivity contribution in [3.8, 4) is 0 Å². The van der Waals surface area contributed by atoms with Crippen molar-refractivity contribution in [2.75, 3.05) is 12.4 Å². The Morgan fingerprint density at radius 2 is 2.00 bits per heavy atom. The zero-order valence-electron chi connectivity index (χ0n) is 11.4. The summed E-state index contributed by atoms with van der Waals surface area (Å²) < 4.78 is 0. The van der Waals surface area contributed by atoms with E-state index in [2.05, 4.69) is 22.8 Å². The maximum atomic E-state index is 11.7. The van der Waals surface area contributed by atoms with Crippen molar-refractivity contribution in [1.82, 2.24) is 10.6 Å². The van der Waals surface area contributed by atoms with Crippen LogP contribution in [0.4, 0.5) is 4.79 Å². The molecule has 1 aromatic rings. The van der Waals surface area contributed by atoms with E-state index in [0.29, 0.717) is 0 Å². The maximum Gasteiger partial charge on any atom is 0.315 e. The van der Waals surface area contributed by atoms with Crippen LogP contribution in [0.5, 0.6) is 0 Å². The van der Waals surface area contributed by atoms with Gasteiger partial charge in [-0.1, -0.05) is 25.1 Å². The fraction of sp³-hybridized carbons (Fsp3) is 0.500. The van der Waals surface area contributed by atoms with Crippen LogP contribution in [-0.2, 0) is 0 Å². The first-order valence-electron chi connectivity index (χ1n) is 6.51. The number of benzene rings is 1. The van der Waals surface area contributed by atoms with Gasteiger partial charge < -0.3 is 15.7 Å². The molecule has 19 heavy (non-hydrogen) atoms. The highest BCUT2D eigenvalue weighted by molar-refractivity contribution is 7.99. The Morgan fingerprint density at radius 1 is 1.32 bits per heavy atom. The van der Waals surface area contributed by atoms with Gasteiger partial charge >= 0.3 is 6.03 Å². The third-order valence-corrected chi connectivity index (χ3v) is 3.85. The lowest BCUT2D eigenvalue weighted by Gasteiger charge is -2.19. The van der Waals surface area contributed by atoms with E-state index in [1.165, 1.54) is 4.90 Å². The topological polar surface area (TPSA) is 61.4 Å². The smallest absolute Gasteiger partial charge is 0.315 e. The molecule has 0 radical (unpaired) electrons. The molecular weight excluding hydrogens is 260 g/mol. The van der Waals surface area contributed by atoms with Gasteiger partial charge in [0.05, 0.1) is 12.6 Å². The van der Waals surface area contributed by atoms with Crippen molar-refractivity contribution in [3.05, 3.63) is 30.3 Å². The summed E-state index contributed by atoms with van der Waals surface area (Å²) in [6.07, 6.45) is 0.876. The summed E-state index contributed by atoms with van der Waals surface area (Å²) in [6, 6.07) is 9.80. The zero-order chi connectivity index (χ0) is 14.1. The highest BCUT2D eigenvalue weighted by atomic mass is 32.2. The van der Waals surface area contributed by atoms with Gasteiger partial charge in [-0.2, -0.15) is 0 Å². The van der Waals surface area contributed by atoms with E-state index in [9.17, 15) is 4.79 Å². The number of nitrogens with one attached hydrogen (secondary N) is 2. The second-order valence-corrected chi connectivity index (χ2v) is 5.52. The maximum absolute atomic E-state index is 11.7. The molecule has 1 rings (SSSR count). The van der Waals surface area contributed by atoms with Crippen molar-refractivity contribution in [2.45, 2.75) is 37.2 Å². The standard InChI is InChI=1S/C14H22N2O2S/c1-3-12(16-14(18)15-11(2)9-17)10-19-13-7-5-4-6-8-13/h4-8,11-12,17H,3,9-10H2,1-2H3,(H2,15,16,18)/t11-,12?/m0/s1. The summed E-state index contributed by atoms with van der Waals surface area (Å²) in [5.41, 5.74) is 0. The van der Waals surface area contributed by atoms with Gasteiger partial charge in [0.1, 0.15) is 0 Å². The molecule has 2 atom stereocenters. The molecule has 0 aliphatic rings. The predicted octanol–water partition coefficient (Wildman–Crippen LogP) is 2.24. The van der Waals surface area contributed by atoms with Gasteiger partial charge in [0.15, 0.2) is 0 Å². The quantitative estimate of drug-likeness (QED) is 0.672. The van der Waals surface area contributed by atoms with Gasteiger partial charge in [-0.3, -0.25) is 0 Å². The van der Waals surface area contributed by atoms with Crippen LogP contribution < -0.4 is 10.6 Å². The van der Waals surface area contributed by atoms with Gasteiger partial charge in [-0.25, -0.2) is 4.79 Å². The van der Waals surface area contributed by atoms with E-state index in [0.717, 1.165) is 12.2 Å². The minimum atomic E-state index is -0.223. The van der Waals surface area contributed by atoms with E-state index in [1.807, 2.05) is 25.1 Å². The van der Waals surface area contributed by atoms with E-state index in [1.54, 1.807) is 18.7 Å². The van der Waals surface area contributed by atoms with Gasteiger partial charge in [0, 0.05) is 16.7 Å². The lowest BCUT2D eigenvalue weighted by atomic mass is 10.2. The second kappa shape index (κ2) is 8.82. The minimum absolute atomic E-state index is 0.0526. The Labute approximate surface area is 119 Å². The fourth-order valence-electron chi connectivity index (χ4n) is 1.47. The van der Waals surface area contributed by atoms with Crippen molar-refractivity contribution in [1.29, 1.82) is 0 Å². The number of carbonyl (C=O) groups is 1. The van der Waals surface area contributed by atoms with Gasteiger partial charge in [-0.15, -0.1) is 11.8 Å². The summed E-state index contributed by atoms with van der Waals surface area (Å²) in [5, 5.41) is 14.5. The highest BCUT2D eigenvalue weighted by Gasteiger charge is 2.12. The first-order valence-corrected chi connectivity index (χ1v) is 7.50. The van der Waals surface area contributed by atoms with Crippen LogP contribution in [0.15, 0.2) is 35.2 Å². The normalized spacial score (nSPS) is 13.6. The Hall–Kier alpha value is -1.20. The molecule has 0 aliphatic carbocycles. The summed E-state index contributed by atoms with van der Waals surface area (Å²) in [7, 11) is 0. The molecule has 0 spiro atoms. The van der Waals surface area contributed by atoms with E-state index in [-0.39, 0.29) is 24.7 Å². The van der Waals surface area contributed by atoms with Crippen LogP contribution in [0.3, 0.4) is 0 Å². The number of thioether (sulfide) groups is 1. The molecule has 4 nitrogen and oxygen atoms in total. The molecule has 0 aliphatic heterocycles. The predicted molar refractivity (Wildman–Crippen MR) is 79.5 cm³/mol.